The van der Waals surface area contributed by atoms with Crippen LogP contribution in [0.1, 0.15) is 37.4 Å². The number of H-pyrrole nitrogens is 1. The number of nitrogens with one attached hydrogen (secondary N) is 1. The second-order valence-corrected chi connectivity index (χ2v) is 5.04. The molecule has 0 spiro atoms. The molecule has 0 saturated heterocycles. The predicted molar refractivity (Wildman–Crippen MR) is 62.2 cm³/mol. The van der Waals surface area contributed by atoms with E-state index in [2.05, 4.69) is 9.97 Å². The van der Waals surface area contributed by atoms with E-state index >= 15 is 0 Å². The summed E-state index contributed by atoms with van der Waals surface area (Å²) in [5.74, 6) is -3.71. The Bertz CT molecular complexity index is 610. The first-order valence-corrected chi connectivity index (χ1v) is 6.17. The van der Waals surface area contributed by atoms with E-state index in [1.165, 1.54) is 0 Å². The zero-order valence-electron chi connectivity index (χ0n) is 10.0. The monoisotopic (exact) mass is 272 g/mol. The third-order valence-electron chi connectivity index (χ3n) is 3.63. The highest BCUT2D eigenvalue weighted by Crippen LogP contribution is 2.40. The van der Waals surface area contributed by atoms with Crippen LogP contribution in [0, 0.1) is 11.6 Å². The molecule has 1 aliphatic rings. The molecular formula is C13H12F4N2. The van der Waals surface area contributed by atoms with Crippen molar-refractivity contribution in [2.45, 2.75) is 37.5 Å². The Morgan fingerprint density at radius 1 is 1.16 bits per heavy atom. The highest BCUT2D eigenvalue weighted by molar-refractivity contribution is 5.75. The van der Waals surface area contributed by atoms with Gasteiger partial charge < -0.3 is 4.98 Å². The normalized spacial score (nSPS) is 20.0. The molecular weight excluding hydrogens is 260 g/mol. The smallest absolute Gasteiger partial charge is 0.248 e. The molecule has 19 heavy (non-hydrogen) atoms. The van der Waals surface area contributed by atoms with Gasteiger partial charge in [-0.2, -0.15) is 0 Å². The fourth-order valence-electron chi connectivity index (χ4n) is 2.57. The van der Waals surface area contributed by atoms with E-state index in [0.717, 1.165) is 12.1 Å². The molecule has 0 bridgehead atoms. The first-order chi connectivity index (χ1) is 8.94. The number of aromatic nitrogens is 2. The molecule has 1 aromatic carbocycles. The summed E-state index contributed by atoms with van der Waals surface area (Å²) < 4.78 is 52.7. The maximum atomic E-state index is 13.5. The lowest BCUT2D eigenvalue weighted by Crippen LogP contribution is -2.24. The standard InChI is InChI=1S/C13H12F4N2/c14-8-5-9(15)11-10(6-8)18-12(19-11)7-1-3-13(16,17)4-2-7/h5-7H,1-4H2,(H,18,19). The second-order valence-electron chi connectivity index (χ2n) is 5.04. The zero-order chi connectivity index (χ0) is 13.6. The number of hydrogen-bond donors (Lipinski definition) is 1. The van der Waals surface area contributed by atoms with Gasteiger partial charge in [0.15, 0.2) is 5.82 Å². The molecule has 1 aliphatic carbocycles. The van der Waals surface area contributed by atoms with Gasteiger partial charge in [-0.1, -0.05) is 0 Å². The lowest BCUT2D eigenvalue weighted by Gasteiger charge is -2.26. The van der Waals surface area contributed by atoms with Crippen molar-refractivity contribution < 1.29 is 17.6 Å². The van der Waals surface area contributed by atoms with Gasteiger partial charge in [0.1, 0.15) is 17.2 Å². The van der Waals surface area contributed by atoms with Gasteiger partial charge in [-0.25, -0.2) is 22.5 Å². The summed E-state index contributed by atoms with van der Waals surface area (Å²) in [6.45, 7) is 0. The zero-order valence-corrected chi connectivity index (χ0v) is 10.0. The Kier molecular flexibility index (Phi) is 2.76. The van der Waals surface area contributed by atoms with E-state index in [0.29, 0.717) is 18.7 Å². The summed E-state index contributed by atoms with van der Waals surface area (Å²) in [7, 11) is 0. The molecule has 1 aromatic heterocycles. The van der Waals surface area contributed by atoms with E-state index in [-0.39, 0.29) is 29.8 Å². The van der Waals surface area contributed by atoms with Crippen LogP contribution < -0.4 is 0 Å². The van der Waals surface area contributed by atoms with Crippen LogP contribution in [0.5, 0.6) is 0 Å². The lowest BCUT2D eigenvalue weighted by molar-refractivity contribution is -0.0387. The number of rotatable bonds is 1. The third-order valence-corrected chi connectivity index (χ3v) is 3.63. The predicted octanol–water partition coefficient (Wildman–Crippen LogP) is 4.13. The number of benzene rings is 1. The van der Waals surface area contributed by atoms with Gasteiger partial charge in [-0.3, -0.25) is 0 Å². The van der Waals surface area contributed by atoms with Gasteiger partial charge in [0, 0.05) is 24.8 Å². The first-order valence-electron chi connectivity index (χ1n) is 6.17. The Morgan fingerprint density at radius 2 is 1.84 bits per heavy atom. The van der Waals surface area contributed by atoms with Crippen LogP contribution in [0.3, 0.4) is 0 Å². The fourth-order valence-corrected chi connectivity index (χ4v) is 2.57. The highest BCUT2D eigenvalue weighted by atomic mass is 19.3. The largest absolute Gasteiger partial charge is 0.342 e. The number of halogens is 4. The molecule has 1 saturated carbocycles. The Morgan fingerprint density at radius 3 is 2.53 bits per heavy atom. The van der Waals surface area contributed by atoms with E-state index < -0.39 is 17.6 Å². The average Bonchev–Trinajstić information content (AvgIpc) is 2.72. The van der Waals surface area contributed by atoms with E-state index in [4.69, 9.17) is 0 Å². The molecule has 1 heterocycles. The Balaban J connectivity index is 1.92. The molecule has 0 unspecified atom stereocenters. The fraction of sp³-hybridized carbons (Fsp3) is 0.462. The van der Waals surface area contributed by atoms with E-state index in [1.807, 2.05) is 0 Å². The molecule has 6 heteroatoms. The molecule has 102 valence electrons. The third kappa shape index (κ3) is 2.31. The molecule has 2 nitrogen and oxygen atoms in total. The van der Waals surface area contributed by atoms with Crippen LogP contribution in [0.4, 0.5) is 17.6 Å². The highest BCUT2D eigenvalue weighted by Gasteiger charge is 2.36. The van der Waals surface area contributed by atoms with E-state index in [1.54, 1.807) is 0 Å². The van der Waals surface area contributed by atoms with Crippen LogP contribution in [-0.2, 0) is 0 Å². The SMILES string of the molecule is Fc1cc(F)c2nc(C3CCC(F)(F)CC3)[nH]c2c1. The first kappa shape index (κ1) is 12.4. The molecule has 0 aliphatic heterocycles. The van der Waals surface area contributed by atoms with Crippen LogP contribution in [0.25, 0.3) is 11.0 Å². The van der Waals surface area contributed by atoms with Crippen LogP contribution >= 0.6 is 0 Å². The van der Waals surface area contributed by atoms with Crippen LogP contribution in [-0.4, -0.2) is 15.9 Å². The summed E-state index contributed by atoms with van der Waals surface area (Å²) in [5, 5.41) is 0. The van der Waals surface area contributed by atoms with Crippen molar-refractivity contribution in [2.24, 2.45) is 0 Å². The molecule has 3 rings (SSSR count). The average molecular weight is 272 g/mol. The summed E-state index contributed by atoms with van der Waals surface area (Å²) in [6, 6.07) is 1.92. The second kappa shape index (κ2) is 4.21. The topological polar surface area (TPSA) is 28.7 Å². The van der Waals surface area contributed by atoms with Gasteiger partial charge in [0.05, 0.1) is 5.52 Å². The van der Waals surface area contributed by atoms with Crippen molar-refractivity contribution in [3.05, 3.63) is 29.6 Å². The minimum atomic E-state index is -2.61. The van der Waals surface area contributed by atoms with E-state index in [9.17, 15) is 17.6 Å². The van der Waals surface area contributed by atoms with Crippen molar-refractivity contribution in [1.82, 2.24) is 9.97 Å². The summed E-state index contributed by atoms with van der Waals surface area (Å²) in [4.78, 5) is 6.92. The van der Waals surface area contributed by atoms with Gasteiger partial charge in [-0.05, 0) is 18.9 Å². The Labute approximate surface area is 106 Å². The molecule has 0 amide bonds. The molecule has 1 fully saturated rings. The van der Waals surface area contributed by atoms with Crippen molar-refractivity contribution in [2.75, 3.05) is 0 Å². The minimum absolute atomic E-state index is 0.0636. The molecule has 2 aromatic rings. The van der Waals surface area contributed by atoms with Gasteiger partial charge in [-0.15, -0.1) is 0 Å². The van der Waals surface area contributed by atoms with Crippen molar-refractivity contribution >= 4 is 11.0 Å². The summed E-state index contributed by atoms with van der Waals surface area (Å²) >= 11 is 0. The summed E-state index contributed by atoms with van der Waals surface area (Å²) in [5.41, 5.74) is 0.332. The van der Waals surface area contributed by atoms with Crippen molar-refractivity contribution in [3.8, 4) is 0 Å². The molecule has 0 atom stereocenters. The van der Waals surface area contributed by atoms with Gasteiger partial charge >= 0.3 is 0 Å². The van der Waals surface area contributed by atoms with Crippen LogP contribution in [0.15, 0.2) is 12.1 Å². The molecule has 1 N–H and O–H groups in total. The van der Waals surface area contributed by atoms with Crippen molar-refractivity contribution in [1.29, 1.82) is 0 Å². The van der Waals surface area contributed by atoms with Crippen LogP contribution in [0.2, 0.25) is 0 Å². The van der Waals surface area contributed by atoms with Crippen molar-refractivity contribution in [3.63, 3.8) is 0 Å². The number of fused-ring (bicyclic) bond motifs is 1. The minimum Gasteiger partial charge on any atom is -0.342 e. The number of hydrogen-bond acceptors (Lipinski definition) is 1. The Hall–Kier alpha value is -1.59. The lowest BCUT2D eigenvalue weighted by atomic mass is 9.86. The quantitative estimate of drug-likeness (QED) is 0.777. The summed E-state index contributed by atoms with van der Waals surface area (Å²) in [6.07, 6.45) is 0.227. The van der Waals surface area contributed by atoms with Gasteiger partial charge in [0.2, 0.25) is 5.92 Å². The molecule has 0 radical (unpaired) electrons. The van der Waals surface area contributed by atoms with Gasteiger partial charge in [0.25, 0.3) is 0 Å². The maximum absolute atomic E-state index is 13.5. The maximum Gasteiger partial charge on any atom is 0.248 e. The number of nitrogens with zero attached hydrogens (tertiary/aromatic N) is 1. The number of alkyl halides is 2. The number of aromatic amines is 1. The number of imidazole rings is 1.